The molecule has 0 fully saturated rings. The molecule has 2 amide bonds. The van der Waals surface area contributed by atoms with Crippen molar-refractivity contribution in [2.45, 2.75) is 26.3 Å². The first-order chi connectivity index (χ1) is 7.09. The van der Waals surface area contributed by atoms with Gasteiger partial charge in [0.1, 0.15) is 5.76 Å². The van der Waals surface area contributed by atoms with E-state index >= 15 is 0 Å². The van der Waals surface area contributed by atoms with Crippen molar-refractivity contribution in [3.63, 3.8) is 0 Å². The summed E-state index contributed by atoms with van der Waals surface area (Å²) in [7, 11) is 1.78. The molecule has 4 heteroatoms. The van der Waals surface area contributed by atoms with Crippen LogP contribution in [-0.4, -0.2) is 30.6 Å². The van der Waals surface area contributed by atoms with E-state index in [4.69, 9.17) is 4.42 Å². The lowest BCUT2D eigenvalue weighted by molar-refractivity contribution is 0.206. The summed E-state index contributed by atoms with van der Waals surface area (Å²) in [6.07, 6.45) is 2.39. The van der Waals surface area contributed by atoms with Crippen LogP contribution in [0.3, 0.4) is 0 Å². The highest BCUT2D eigenvalue weighted by Crippen LogP contribution is 2.01. The lowest BCUT2D eigenvalue weighted by Gasteiger charge is -2.18. The van der Waals surface area contributed by atoms with Gasteiger partial charge in [0.25, 0.3) is 0 Å². The van der Waals surface area contributed by atoms with E-state index in [0.717, 1.165) is 12.2 Å². The highest BCUT2D eigenvalue weighted by atomic mass is 16.3. The van der Waals surface area contributed by atoms with Gasteiger partial charge < -0.3 is 14.6 Å². The number of amides is 2. The van der Waals surface area contributed by atoms with Crippen LogP contribution in [0.15, 0.2) is 22.8 Å². The first-order valence-electron chi connectivity index (χ1n) is 5.13. The van der Waals surface area contributed by atoms with E-state index in [1.807, 2.05) is 26.0 Å². The van der Waals surface area contributed by atoms with Crippen LogP contribution < -0.4 is 5.32 Å². The minimum Gasteiger partial charge on any atom is -0.469 e. The molecule has 1 heterocycles. The number of nitrogens with zero attached hydrogens (tertiary/aromatic N) is 1. The number of likely N-dealkylation sites (N-methyl/N-ethyl adjacent to an activating group) is 1. The van der Waals surface area contributed by atoms with Crippen molar-refractivity contribution in [3.8, 4) is 0 Å². The molecule has 0 spiro atoms. The summed E-state index contributed by atoms with van der Waals surface area (Å²) >= 11 is 0. The highest BCUT2D eigenvalue weighted by molar-refractivity contribution is 5.74. The first-order valence-corrected chi connectivity index (χ1v) is 5.13. The molecule has 0 aromatic carbocycles. The number of furan rings is 1. The van der Waals surface area contributed by atoms with Gasteiger partial charge in [-0.25, -0.2) is 4.79 Å². The molecule has 0 aliphatic rings. The van der Waals surface area contributed by atoms with Crippen LogP contribution in [0, 0.1) is 0 Å². The van der Waals surface area contributed by atoms with Gasteiger partial charge in [-0.1, -0.05) is 0 Å². The molecule has 0 saturated heterocycles. The number of urea groups is 1. The van der Waals surface area contributed by atoms with Gasteiger partial charge in [-0.2, -0.15) is 0 Å². The van der Waals surface area contributed by atoms with Gasteiger partial charge in [0.15, 0.2) is 0 Å². The summed E-state index contributed by atoms with van der Waals surface area (Å²) in [5.74, 6) is 0.902. The van der Waals surface area contributed by atoms with Gasteiger partial charge in [-0.15, -0.1) is 0 Å². The molecule has 0 saturated carbocycles. The van der Waals surface area contributed by atoms with Gasteiger partial charge in [-0.05, 0) is 26.0 Å². The largest absolute Gasteiger partial charge is 0.469 e. The van der Waals surface area contributed by atoms with E-state index < -0.39 is 0 Å². The second-order valence-corrected chi connectivity index (χ2v) is 3.86. The second kappa shape index (κ2) is 5.44. The van der Waals surface area contributed by atoms with Gasteiger partial charge in [0, 0.05) is 26.1 Å². The van der Waals surface area contributed by atoms with Gasteiger partial charge in [-0.3, -0.25) is 0 Å². The second-order valence-electron chi connectivity index (χ2n) is 3.86. The molecule has 1 rings (SSSR count). The molecule has 1 N–H and O–H groups in total. The SMILES string of the molecule is CC(C)NC(=O)N(C)CCc1ccco1. The Morgan fingerprint density at radius 2 is 2.33 bits per heavy atom. The van der Waals surface area contributed by atoms with Crippen molar-refractivity contribution >= 4 is 6.03 Å². The quantitative estimate of drug-likeness (QED) is 0.824. The van der Waals surface area contributed by atoms with E-state index in [1.165, 1.54) is 0 Å². The predicted octanol–water partition coefficient (Wildman–Crippen LogP) is 1.87. The number of hydrogen-bond acceptors (Lipinski definition) is 2. The van der Waals surface area contributed by atoms with E-state index in [1.54, 1.807) is 18.2 Å². The molecule has 84 valence electrons. The third-order valence-electron chi connectivity index (χ3n) is 2.03. The van der Waals surface area contributed by atoms with Crippen molar-refractivity contribution in [1.29, 1.82) is 0 Å². The van der Waals surface area contributed by atoms with Crippen LogP contribution in [0.5, 0.6) is 0 Å². The average Bonchev–Trinajstić information content (AvgIpc) is 2.65. The zero-order valence-electron chi connectivity index (χ0n) is 9.49. The number of rotatable bonds is 4. The molecule has 1 aromatic rings. The van der Waals surface area contributed by atoms with Crippen LogP contribution in [0.2, 0.25) is 0 Å². The monoisotopic (exact) mass is 210 g/mol. The Balaban J connectivity index is 2.29. The molecule has 1 aromatic heterocycles. The molecule has 0 unspecified atom stereocenters. The lowest BCUT2D eigenvalue weighted by atomic mass is 10.3. The Morgan fingerprint density at radius 1 is 1.60 bits per heavy atom. The standard InChI is InChI=1S/C11H18N2O2/c1-9(2)12-11(14)13(3)7-6-10-5-4-8-15-10/h4-5,8-9H,6-7H2,1-3H3,(H,12,14). The third kappa shape index (κ3) is 4.06. The molecule has 0 aliphatic heterocycles. The van der Waals surface area contributed by atoms with E-state index in [9.17, 15) is 4.79 Å². The zero-order valence-corrected chi connectivity index (χ0v) is 9.49. The summed E-state index contributed by atoms with van der Waals surface area (Å²) in [6.45, 7) is 4.54. The molecule has 0 aliphatic carbocycles. The summed E-state index contributed by atoms with van der Waals surface area (Å²) in [5, 5.41) is 2.83. The lowest BCUT2D eigenvalue weighted by Crippen LogP contribution is -2.41. The Labute approximate surface area is 90.3 Å². The van der Waals surface area contributed by atoms with Gasteiger partial charge in [0.05, 0.1) is 6.26 Å². The number of hydrogen-bond donors (Lipinski definition) is 1. The average molecular weight is 210 g/mol. The van der Waals surface area contributed by atoms with E-state index in [-0.39, 0.29) is 12.1 Å². The first kappa shape index (κ1) is 11.6. The molecular formula is C11H18N2O2. The summed E-state index contributed by atoms with van der Waals surface area (Å²) in [6, 6.07) is 3.89. The van der Waals surface area contributed by atoms with Crippen LogP contribution >= 0.6 is 0 Å². The molecule has 0 radical (unpaired) electrons. The van der Waals surface area contributed by atoms with Crippen LogP contribution in [0.4, 0.5) is 4.79 Å². The van der Waals surface area contributed by atoms with Crippen molar-refractivity contribution in [2.75, 3.05) is 13.6 Å². The Hall–Kier alpha value is -1.45. The Morgan fingerprint density at radius 3 is 2.87 bits per heavy atom. The number of carbonyl (C=O) groups is 1. The molecule has 15 heavy (non-hydrogen) atoms. The Bertz CT molecular complexity index is 294. The third-order valence-corrected chi connectivity index (χ3v) is 2.03. The van der Waals surface area contributed by atoms with Crippen LogP contribution in [0.1, 0.15) is 19.6 Å². The maximum Gasteiger partial charge on any atom is 0.317 e. The Kier molecular flexibility index (Phi) is 4.21. The molecule has 4 nitrogen and oxygen atoms in total. The highest BCUT2D eigenvalue weighted by Gasteiger charge is 2.09. The van der Waals surface area contributed by atoms with Crippen molar-refractivity contribution < 1.29 is 9.21 Å². The fourth-order valence-corrected chi connectivity index (χ4v) is 1.19. The van der Waals surface area contributed by atoms with E-state index in [0.29, 0.717) is 6.54 Å². The molecule has 0 atom stereocenters. The van der Waals surface area contributed by atoms with Crippen molar-refractivity contribution in [3.05, 3.63) is 24.2 Å². The molecule has 0 bridgehead atoms. The van der Waals surface area contributed by atoms with Crippen molar-refractivity contribution in [2.24, 2.45) is 0 Å². The van der Waals surface area contributed by atoms with Crippen molar-refractivity contribution in [1.82, 2.24) is 10.2 Å². The summed E-state index contributed by atoms with van der Waals surface area (Å²) in [5.41, 5.74) is 0. The van der Waals surface area contributed by atoms with Crippen LogP contribution in [0.25, 0.3) is 0 Å². The maximum absolute atomic E-state index is 11.5. The minimum absolute atomic E-state index is 0.0449. The van der Waals surface area contributed by atoms with E-state index in [2.05, 4.69) is 5.32 Å². The zero-order chi connectivity index (χ0) is 11.3. The number of carbonyl (C=O) groups excluding carboxylic acids is 1. The fourth-order valence-electron chi connectivity index (χ4n) is 1.19. The predicted molar refractivity (Wildman–Crippen MR) is 58.7 cm³/mol. The normalized spacial score (nSPS) is 10.4. The van der Waals surface area contributed by atoms with Gasteiger partial charge in [0.2, 0.25) is 0 Å². The van der Waals surface area contributed by atoms with Crippen LogP contribution in [-0.2, 0) is 6.42 Å². The maximum atomic E-state index is 11.5. The smallest absolute Gasteiger partial charge is 0.317 e. The fraction of sp³-hybridized carbons (Fsp3) is 0.545. The molecular weight excluding hydrogens is 192 g/mol. The number of nitrogens with one attached hydrogen (secondary N) is 1. The summed E-state index contributed by atoms with van der Waals surface area (Å²) in [4.78, 5) is 13.2. The topological polar surface area (TPSA) is 45.5 Å². The summed E-state index contributed by atoms with van der Waals surface area (Å²) < 4.78 is 5.19. The van der Waals surface area contributed by atoms with Gasteiger partial charge >= 0.3 is 6.03 Å². The minimum atomic E-state index is -0.0449.